The highest BCUT2D eigenvalue weighted by Crippen LogP contribution is 2.24. The summed E-state index contributed by atoms with van der Waals surface area (Å²) in [6.45, 7) is 4.20. The molecule has 6 heteroatoms. The van der Waals surface area contributed by atoms with E-state index in [9.17, 15) is 4.79 Å². The van der Waals surface area contributed by atoms with Crippen LogP contribution in [0.5, 0.6) is 5.75 Å². The van der Waals surface area contributed by atoms with Crippen LogP contribution < -0.4 is 9.64 Å². The number of nitrogens with zero attached hydrogens (tertiary/aromatic N) is 2. The molecule has 2 aliphatic rings. The van der Waals surface area contributed by atoms with Crippen molar-refractivity contribution in [2.75, 3.05) is 44.3 Å². The minimum atomic E-state index is 0.0219. The number of anilines is 1. The number of piperazine rings is 1. The van der Waals surface area contributed by atoms with Crippen molar-refractivity contribution in [3.63, 3.8) is 0 Å². The van der Waals surface area contributed by atoms with Crippen LogP contribution >= 0.6 is 11.6 Å². The van der Waals surface area contributed by atoms with Crippen molar-refractivity contribution in [1.29, 1.82) is 0 Å². The molecule has 1 atom stereocenters. The molecule has 5 nitrogen and oxygen atoms in total. The van der Waals surface area contributed by atoms with Gasteiger partial charge in [0.1, 0.15) is 12.4 Å². The quantitative estimate of drug-likeness (QED) is 0.764. The predicted molar refractivity (Wildman–Crippen MR) is 110 cm³/mol. The number of amides is 1. The molecule has 0 aliphatic carbocycles. The number of rotatable bonds is 5. The van der Waals surface area contributed by atoms with E-state index in [0.717, 1.165) is 43.2 Å². The lowest BCUT2D eigenvalue weighted by atomic mass is 10.1. The Labute approximate surface area is 170 Å². The zero-order valence-corrected chi connectivity index (χ0v) is 16.6. The number of carbonyl (C=O) groups excluding carboxylic acids is 1. The number of ether oxygens (including phenoxy) is 2. The fraction of sp³-hybridized carbons (Fsp3) is 0.409. The predicted octanol–water partition coefficient (Wildman–Crippen LogP) is 3.86. The molecular weight excluding hydrogens is 376 g/mol. The number of halogens is 1. The van der Waals surface area contributed by atoms with E-state index in [1.165, 1.54) is 0 Å². The Balaban J connectivity index is 1.38. The monoisotopic (exact) mass is 400 g/mol. The Morgan fingerprint density at radius 2 is 1.93 bits per heavy atom. The molecule has 1 unspecified atom stereocenters. The second-order valence-electron chi connectivity index (χ2n) is 7.20. The summed E-state index contributed by atoms with van der Waals surface area (Å²) in [5, 5.41) is 0.730. The van der Waals surface area contributed by atoms with Crippen molar-refractivity contribution in [3.8, 4) is 5.75 Å². The molecule has 4 rings (SSSR count). The van der Waals surface area contributed by atoms with Gasteiger partial charge in [-0.2, -0.15) is 0 Å². The fourth-order valence-corrected chi connectivity index (χ4v) is 3.92. The summed E-state index contributed by atoms with van der Waals surface area (Å²) in [4.78, 5) is 17.2. The van der Waals surface area contributed by atoms with Crippen LogP contribution in [0, 0.1) is 0 Å². The first-order valence-corrected chi connectivity index (χ1v) is 10.2. The van der Waals surface area contributed by atoms with E-state index >= 15 is 0 Å². The van der Waals surface area contributed by atoms with Gasteiger partial charge in [0.25, 0.3) is 5.91 Å². The van der Waals surface area contributed by atoms with Crippen molar-refractivity contribution < 1.29 is 14.3 Å². The van der Waals surface area contributed by atoms with Crippen molar-refractivity contribution in [1.82, 2.24) is 4.90 Å². The van der Waals surface area contributed by atoms with E-state index in [0.29, 0.717) is 31.0 Å². The third-order valence-electron chi connectivity index (χ3n) is 5.31. The van der Waals surface area contributed by atoms with Crippen LogP contribution in [0.1, 0.15) is 23.2 Å². The van der Waals surface area contributed by atoms with E-state index in [1.807, 2.05) is 47.4 Å². The molecule has 0 radical (unpaired) electrons. The lowest BCUT2D eigenvalue weighted by Crippen LogP contribution is -2.48. The zero-order valence-electron chi connectivity index (χ0n) is 15.9. The molecular formula is C22H25ClN2O3. The molecule has 0 N–H and O–H groups in total. The van der Waals surface area contributed by atoms with E-state index in [1.54, 1.807) is 0 Å². The Kier molecular flexibility index (Phi) is 6.03. The second kappa shape index (κ2) is 8.84. The molecule has 0 bridgehead atoms. The third-order valence-corrected chi connectivity index (χ3v) is 5.54. The summed E-state index contributed by atoms with van der Waals surface area (Å²) in [6.07, 6.45) is 2.22. The highest BCUT2D eigenvalue weighted by molar-refractivity contribution is 6.30. The first kappa shape index (κ1) is 19.1. The first-order chi connectivity index (χ1) is 13.7. The molecule has 2 fully saturated rings. The highest BCUT2D eigenvalue weighted by Gasteiger charge is 2.25. The molecule has 2 saturated heterocycles. The van der Waals surface area contributed by atoms with Crippen LogP contribution in [0.25, 0.3) is 0 Å². The SMILES string of the molecule is O=C(c1ccccc1OCC1CCCO1)N1CCN(c2cccc(Cl)c2)CC1. The summed E-state index contributed by atoms with van der Waals surface area (Å²) in [7, 11) is 0. The van der Waals surface area contributed by atoms with Gasteiger partial charge < -0.3 is 19.3 Å². The van der Waals surface area contributed by atoms with Gasteiger partial charge in [0.05, 0.1) is 11.7 Å². The Morgan fingerprint density at radius 1 is 1.11 bits per heavy atom. The van der Waals surface area contributed by atoms with Gasteiger partial charge in [-0.15, -0.1) is 0 Å². The van der Waals surface area contributed by atoms with Gasteiger partial charge in [0.15, 0.2) is 0 Å². The van der Waals surface area contributed by atoms with Gasteiger partial charge >= 0.3 is 0 Å². The van der Waals surface area contributed by atoms with Gasteiger partial charge in [0.2, 0.25) is 0 Å². The van der Waals surface area contributed by atoms with Gasteiger partial charge in [-0.1, -0.05) is 29.8 Å². The van der Waals surface area contributed by atoms with E-state index in [2.05, 4.69) is 11.0 Å². The summed E-state index contributed by atoms with van der Waals surface area (Å²) < 4.78 is 11.6. The summed E-state index contributed by atoms with van der Waals surface area (Å²) in [5.74, 6) is 0.661. The molecule has 148 valence electrons. The van der Waals surface area contributed by atoms with Crippen molar-refractivity contribution in [2.45, 2.75) is 18.9 Å². The Hall–Kier alpha value is -2.24. The molecule has 1 amide bonds. The van der Waals surface area contributed by atoms with Gasteiger partial charge in [-0.3, -0.25) is 4.79 Å². The van der Waals surface area contributed by atoms with Crippen molar-refractivity contribution in [2.24, 2.45) is 0 Å². The molecule has 28 heavy (non-hydrogen) atoms. The topological polar surface area (TPSA) is 42.0 Å². The maximum atomic E-state index is 13.1. The zero-order chi connectivity index (χ0) is 19.3. The minimum absolute atomic E-state index is 0.0219. The van der Waals surface area contributed by atoms with Crippen molar-refractivity contribution in [3.05, 3.63) is 59.1 Å². The van der Waals surface area contributed by atoms with Crippen LogP contribution in [-0.4, -0.2) is 56.3 Å². The van der Waals surface area contributed by atoms with Crippen LogP contribution in [0.3, 0.4) is 0 Å². The first-order valence-electron chi connectivity index (χ1n) is 9.84. The molecule has 2 aromatic carbocycles. The van der Waals surface area contributed by atoms with Crippen molar-refractivity contribution >= 4 is 23.2 Å². The maximum Gasteiger partial charge on any atom is 0.257 e. The molecule has 2 aromatic rings. The number of hydrogen-bond donors (Lipinski definition) is 0. The van der Waals surface area contributed by atoms with E-state index < -0.39 is 0 Å². The number of hydrogen-bond acceptors (Lipinski definition) is 4. The van der Waals surface area contributed by atoms with Crippen LogP contribution in [0.2, 0.25) is 5.02 Å². The molecule has 0 spiro atoms. The summed E-state index contributed by atoms with van der Waals surface area (Å²) in [6, 6.07) is 15.3. The lowest BCUT2D eigenvalue weighted by molar-refractivity contribution is 0.0648. The number of para-hydroxylation sites is 1. The largest absolute Gasteiger partial charge is 0.490 e. The minimum Gasteiger partial charge on any atom is -0.490 e. The summed E-state index contributed by atoms with van der Waals surface area (Å²) in [5.41, 5.74) is 1.72. The fourth-order valence-electron chi connectivity index (χ4n) is 3.74. The molecule has 2 aliphatic heterocycles. The Morgan fingerprint density at radius 3 is 2.68 bits per heavy atom. The van der Waals surface area contributed by atoms with Crippen LogP contribution in [0.4, 0.5) is 5.69 Å². The maximum absolute atomic E-state index is 13.1. The normalized spacial score (nSPS) is 19.7. The smallest absolute Gasteiger partial charge is 0.257 e. The van der Waals surface area contributed by atoms with Gasteiger partial charge in [0, 0.05) is 43.5 Å². The second-order valence-corrected chi connectivity index (χ2v) is 7.64. The summed E-state index contributed by atoms with van der Waals surface area (Å²) >= 11 is 6.10. The number of benzene rings is 2. The molecule has 0 saturated carbocycles. The average molecular weight is 401 g/mol. The molecule has 0 aromatic heterocycles. The standard InChI is InChI=1S/C22H25ClN2O3/c23-17-5-3-6-18(15-17)24-10-12-25(13-11-24)22(26)20-8-1-2-9-21(20)28-16-19-7-4-14-27-19/h1-3,5-6,8-9,15,19H,4,7,10-14,16H2. The van der Waals surface area contributed by atoms with E-state index in [4.69, 9.17) is 21.1 Å². The van der Waals surface area contributed by atoms with E-state index in [-0.39, 0.29) is 12.0 Å². The third kappa shape index (κ3) is 4.42. The van der Waals surface area contributed by atoms with Gasteiger partial charge in [-0.05, 0) is 43.2 Å². The molecule has 2 heterocycles. The van der Waals surface area contributed by atoms with Gasteiger partial charge in [-0.25, -0.2) is 0 Å². The average Bonchev–Trinajstić information content (AvgIpc) is 3.26. The van der Waals surface area contributed by atoms with Crippen LogP contribution in [-0.2, 0) is 4.74 Å². The Bertz CT molecular complexity index is 815. The highest BCUT2D eigenvalue weighted by atomic mass is 35.5. The lowest BCUT2D eigenvalue weighted by Gasteiger charge is -2.36. The number of carbonyl (C=O) groups is 1. The van der Waals surface area contributed by atoms with Crippen LogP contribution in [0.15, 0.2) is 48.5 Å².